The van der Waals surface area contributed by atoms with Gasteiger partial charge in [-0.3, -0.25) is 9.59 Å². The standard InChI is InChI=1S/C14H14N2O6S/c17-10(6-8-4-2-1-3-5-8)15-11-12(18)16-9(14(19)20)7-23(21,22)13(11)16/h1-5,9,11,13H,6-7H2,(H,15,17)(H,19,20)/t9?,11?,13-/m1/s1. The van der Waals surface area contributed by atoms with Gasteiger partial charge in [0.25, 0.3) is 0 Å². The number of rotatable bonds is 4. The Morgan fingerprint density at radius 3 is 2.52 bits per heavy atom. The van der Waals surface area contributed by atoms with Gasteiger partial charge in [-0.15, -0.1) is 0 Å². The molecular weight excluding hydrogens is 324 g/mol. The Morgan fingerprint density at radius 1 is 1.26 bits per heavy atom. The van der Waals surface area contributed by atoms with Crippen LogP contribution < -0.4 is 5.32 Å². The van der Waals surface area contributed by atoms with Gasteiger partial charge in [-0.2, -0.15) is 0 Å². The lowest BCUT2D eigenvalue weighted by atomic mass is 10.0. The maximum atomic E-state index is 12.0. The third-order valence-corrected chi connectivity index (χ3v) is 6.00. The normalized spacial score (nSPS) is 27.9. The molecular formula is C14H14N2O6S. The van der Waals surface area contributed by atoms with Crippen molar-refractivity contribution in [3.8, 4) is 0 Å². The zero-order valence-electron chi connectivity index (χ0n) is 11.9. The molecule has 8 nitrogen and oxygen atoms in total. The second kappa shape index (κ2) is 5.34. The lowest BCUT2D eigenvalue weighted by Crippen LogP contribution is -2.72. The Balaban J connectivity index is 1.72. The van der Waals surface area contributed by atoms with Crippen molar-refractivity contribution in [2.24, 2.45) is 0 Å². The highest BCUT2D eigenvalue weighted by atomic mass is 32.2. The Labute approximate surface area is 132 Å². The van der Waals surface area contributed by atoms with Crippen LogP contribution >= 0.6 is 0 Å². The quantitative estimate of drug-likeness (QED) is 0.663. The molecule has 3 rings (SSSR count). The number of carbonyl (C=O) groups excluding carboxylic acids is 2. The Hall–Kier alpha value is -2.42. The molecule has 0 saturated carbocycles. The summed E-state index contributed by atoms with van der Waals surface area (Å²) >= 11 is 0. The van der Waals surface area contributed by atoms with Crippen LogP contribution in [0.2, 0.25) is 0 Å². The van der Waals surface area contributed by atoms with Crippen LogP contribution in [0.25, 0.3) is 0 Å². The number of β-lactam (4-membered cyclic amide) rings is 1. The first-order valence-corrected chi connectivity index (χ1v) is 8.62. The van der Waals surface area contributed by atoms with Crippen LogP contribution in [0, 0.1) is 0 Å². The van der Waals surface area contributed by atoms with Crippen LogP contribution in [0.15, 0.2) is 30.3 Å². The summed E-state index contributed by atoms with van der Waals surface area (Å²) in [6.07, 6.45) is 0.0136. The second-order valence-corrected chi connectivity index (χ2v) is 7.67. The molecule has 2 N–H and O–H groups in total. The summed E-state index contributed by atoms with van der Waals surface area (Å²) in [7, 11) is -3.77. The fourth-order valence-electron chi connectivity index (χ4n) is 2.93. The van der Waals surface area contributed by atoms with E-state index in [1.807, 2.05) is 0 Å². The van der Waals surface area contributed by atoms with Crippen molar-refractivity contribution in [3.63, 3.8) is 0 Å². The third-order valence-electron chi connectivity index (χ3n) is 3.98. The summed E-state index contributed by atoms with van der Waals surface area (Å²) in [4.78, 5) is 35.9. The van der Waals surface area contributed by atoms with Gasteiger partial charge >= 0.3 is 5.97 Å². The highest BCUT2D eigenvalue weighted by Crippen LogP contribution is 2.35. The van der Waals surface area contributed by atoms with Crippen molar-refractivity contribution >= 4 is 27.6 Å². The summed E-state index contributed by atoms with van der Waals surface area (Å²) in [5, 5.41) is 10.1. The number of benzene rings is 1. The van der Waals surface area contributed by atoms with Crippen LogP contribution in [0.3, 0.4) is 0 Å². The van der Waals surface area contributed by atoms with Gasteiger partial charge in [0.1, 0.15) is 12.1 Å². The van der Waals surface area contributed by atoms with Gasteiger partial charge in [0.15, 0.2) is 15.2 Å². The van der Waals surface area contributed by atoms with Crippen LogP contribution in [-0.2, 0) is 30.6 Å². The lowest BCUT2D eigenvalue weighted by molar-refractivity contribution is -0.159. The minimum absolute atomic E-state index is 0.0136. The Morgan fingerprint density at radius 2 is 1.91 bits per heavy atom. The van der Waals surface area contributed by atoms with Crippen LogP contribution in [-0.4, -0.2) is 59.4 Å². The van der Waals surface area contributed by atoms with Gasteiger partial charge in [-0.1, -0.05) is 30.3 Å². The third kappa shape index (κ3) is 2.56. The fraction of sp³-hybridized carbons (Fsp3) is 0.357. The van der Waals surface area contributed by atoms with Crippen LogP contribution in [0.1, 0.15) is 5.56 Å². The zero-order chi connectivity index (χ0) is 16.8. The predicted molar refractivity (Wildman–Crippen MR) is 77.9 cm³/mol. The van der Waals surface area contributed by atoms with E-state index in [0.717, 1.165) is 10.5 Å². The minimum Gasteiger partial charge on any atom is -0.480 e. The molecule has 9 heteroatoms. The van der Waals surface area contributed by atoms with E-state index in [1.165, 1.54) is 0 Å². The molecule has 3 atom stereocenters. The molecule has 0 aliphatic carbocycles. The van der Waals surface area contributed by atoms with Crippen molar-refractivity contribution in [2.75, 3.05) is 5.75 Å². The summed E-state index contributed by atoms with van der Waals surface area (Å²) in [6, 6.07) is 6.21. The number of fused-ring (bicyclic) bond motifs is 1. The largest absolute Gasteiger partial charge is 0.480 e. The number of carboxylic acids is 1. The van der Waals surface area contributed by atoms with E-state index in [9.17, 15) is 22.8 Å². The van der Waals surface area contributed by atoms with E-state index in [-0.39, 0.29) is 6.42 Å². The van der Waals surface area contributed by atoms with Crippen molar-refractivity contribution in [2.45, 2.75) is 23.9 Å². The first kappa shape index (κ1) is 15.5. The smallest absolute Gasteiger partial charge is 0.327 e. The number of carboxylic acid groups (broad SMARTS) is 1. The molecule has 1 aromatic carbocycles. The maximum absolute atomic E-state index is 12.0. The number of sulfone groups is 1. The zero-order valence-corrected chi connectivity index (χ0v) is 12.7. The lowest BCUT2D eigenvalue weighted by Gasteiger charge is -2.42. The SMILES string of the molecule is O=C(Cc1ccccc1)NC1C(=O)N2C(C(=O)O)CS(=O)(=O)[C@H]12. The molecule has 2 aliphatic heterocycles. The molecule has 2 unspecified atom stereocenters. The number of amides is 2. The van der Waals surface area contributed by atoms with Crippen molar-refractivity contribution < 1.29 is 27.9 Å². The minimum atomic E-state index is -3.77. The van der Waals surface area contributed by atoms with E-state index in [0.29, 0.717) is 0 Å². The number of aliphatic carboxylic acids is 1. The number of hydrogen-bond acceptors (Lipinski definition) is 5. The first-order valence-electron chi connectivity index (χ1n) is 6.91. The Bertz CT molecular complexity index is 776. The summed E-state index contributed by atoms with van der Waals surface area (Å²) < 4.78 is 24.1. The number of nitrogens with zero attached hydrogens (tertiary/aromatic N) is 1. The predicted octanol–water partition coefficient (Wildman–Crippen LogP) is -1.24. The van der Waals surface area contributed by atoms with Crippen molar-refractivity contribution in [3.05, 3.63) is 35.9 Å². The molecule has 2 amide bonds. The maximum Gasteiger partial charge on any atom is 0.327 e. The first-order chi connectivity index (χ1) is 10.8. The van der Waals surface area contributed by atoms with E-state index in [2.05, 4.69) is 5.32 Å². The highest BCUT2D eigenvalue weighted by molar-refractivity contribution is 7.92. The van der Waals surface area contributed by atoms with E-state index in [4.69, 9.17) is 5.11 Å². The van der Waals surface area contributed by atoms with Gasteiger partial charge < -0.3 is 15.3 Å². The summed E-state index contributed by atoms with van der Waals surface area (Å²) in [5.74, 6) is -3.14. The average molecular weight is 338 g/mol. The van der Waals surface area contributed by atoms with Gasteiger partial charge in [0.2, 0.25) is 11.8 Å². The molecule has 2 aliphatic rings. The van der Waals surface area contributed by atoms with Crippen molar-refractivity contribution in [1.29, 1.82) is 0 Å². The molecule has 0 bridgehead atoms. The number of nitrogens with one attached hydrogen (secondary N) is 1. The molecule has 122 valence electrons. The molecule has 2 saturated heterocycles. The molecule has 1 aromatic rings. The summed E-state index contributed by atoms with van der Waals surface area (Å²) in [5.41, 5.74) is 0.728. The molecule has 2 fully saturated rings. The number of carbonyl (C=O) groups is 3. The van der Waals surface area contributed by atoms with E-state index in [1.54, 1.807) is 30.3 Å². The fourth-order valence-corrected chi connectivity index (χ4v) is 5.06. The highest BCUT2D eigenvalue weighted by Gasteiger charge is 2.64. The van der Waals surface area contributed by atoms with E-state index < -0.39 is 50.8 Å². The molecule has 23 heavy (non-hydrogen) atoms. The molecule has 0 spiro atoms. The summed E-state index contributed by atoms with van der Waals surface area (Å²) in [6.45, 7) is 0. The Kier molecular flexibility index (Phi) is 3.59. The number of hydrogen-bond donors (Lipinski definition) is 2. The van der Waals surface area contributed by atoms with Crippen LogP contribution in [0.5, 0.6) is 0 Å². The van der Waals surface area contributed by atoms with Gasteiger partial charge in [0.05, 0.1) is 12.2 Å². The average Bonchev–Trinajstić information content (AvgIpc) is 2.74. The second-order valence-electron chi connectivity index (χ2n) is 5.53. The van der Waals surface area contributed by atoms with Crippen molar-refractivity contribution in [1.82, 2.24) is 10.2 Å². The van der Waals surface area contributed by atoms with Crippen LogP contribution in [0.4, 0.5) is 0 Å². The monoisotopic (exact) mass is 338 g/mol. The molecule has 0 radical (unpaired) electrons. The molecule has 2 heterocycles. The topological polar surface area (TPSA) is 121 Å². The van der Waals surface area contributed by atoms with E-state index >= 15 is 0 Å². The van der Waals surface area contributed by atoms with Gasteiger partial charge in [-0.05, 0) is 5.56 Å². The van der Waals surface area contributed by atoms with Gasteiger partial charge in [0, 0.05) is 0 Å². The molecule has 0 aromatic heterocycles. The van der Waals surface area contributed by atoms with Gasteiger partial charge in [-0.25, -0.2) is 13.2 Å².